The Kier molecular flexibility index (Phi) is 3.78. The first-order valence-electron chi connectivity index (χ1n) is 4.61. The predicted molar refractivity (Wildman–Crippen MR) is 48.0 cm³/mol. The largest absolute Gasteiger partial charge is 1.00 e. The molecule has 3 N–H and O–H groups in total. The molecule has 0 bridgehead atoms. The third kappa shape index (κ3) is 3.17. The van der Waals surface area contributed by atoms with E-state index in [0.29, 0.717) is 11.5 Å². The zero-order chi connectivity index (χ0) is 9.41. The molecule has 1 fully saturated rings. The third-order valence-corrected chi connectivity index (χ3v) is 2.72. The average Bonchev–Trinajstić information content (AvgIpc) is 1.82. The predicted octanol–water partition coefficient (Wildman–Crippen LogP) is -1.66. The van der Waals surface area contributed by atoms with Crippen molar-refractivity contribution in [1.82, 2.24) is 0 Å². The van der Waals surface area contributed by atoms with E-state index >= 15 is 0 Å². The molecular formula is C10H19ClN2. The van der Waals surface area contributed by atoms with E-state index in [2.05, 4.69) is 32.6 Å². The molecule has 76 valence electrons. The molecule has 0 aliphatic heterocycles. The summed E-state index contributed by atoms with van der Waals surface area (Å²) >= 11 is 0. The summed E-state index contributed by atoms with van der Waals surface area (Å²) in [6.45, 7) is 6.53. The van der Waals surface area contributed by atoms with Crippen molar-refractivity contribution in [2.24, 2.45) is 10.8 Å². The molecule has 0 heterocycles. The van der Waals surface area contributed by atoms with Crippen LogP contribution >= 0.6 is 0 Å². The van der Waals surface area contributed by atoms with Gasteiger partial charge in [0, 0.05) is 12.8 Å². The van der Waals surface area contributed by atoms with Crippen LogP contribution in [0.25, 0.3) is 0 Å². The van der Waals surface area contributed by atoms with Crippen molar-refractivity contribution in [1.29, 1.82) is 5.26 Å². The normalized spacial score (nSPS) is 37.3. The van der Waals surface area contributed by atoms with E-state index in [1.54, 1.807) is 0 Å². The maximum atomic E-state index is 9.02. The van der Waals surface area contributed by atoms with E-state index in [4.69, 9.17) is 5.26 Å². The number of nitrogens with zero attached hydrogens (tertiary/aromatic N) is 1. The number of hydrogen-bond donors (Lipinski definition) is 1. The van der Waals surface area contributed by atoms with Crippen molar-refractivity contribution < 1.29 is 18.1 Å². The molecule has 0 aromatic rings. The molecule has 2 nitrogen and oxygen atoms in total. The van der Waals surface area contributed by atoms with Crippen LogP contribution in [0.1, 0.15) is 40.0 Å². The summed E-state index contributed by atoms with van der Waals surface area (Å²) in [5.41, 5.74) is 4.26. The fraction of sp³-hybridized carbons (Fsp3) is 0.900. The van der Waals surface area contributed by atoms with Gasteiger partial charge in [-0.3, -0.25) is 0 Å². The lowest BCUT2D eigenvalue weighted by Gasteiger charge is -2.40. The molecule has 1 aliphatic carbocycles. The highest BCUT2D eigenvalue weighted by molar-refractivity contribution is 5.03. The Balaban J connectivity index is 0.00000144. The molecular weight excluding hydrogens is 184 g/mol. The van der Waals surface area contributed by atoms with Gasteiger partial charge in [0.2, 0.25) is 0 Å². The summed E-state index contributed by atoms with van der Waals surface area (Å²) in [6, 6.07) is 2.88. The van der Waals surface area contributed by atoms with Crippen LogP contribution in [0.4, 0.5) is 0 Å². The minimum Gasteiger partial charge on any atom is -1.00 e. The lowest BCUT2D eigenvalue weighted by atomic mass is 9.63. The number of quaternary nitrogens is 1. The van der Waals surface area contributed by atoms with Gasteiger partial charge in [-0.1, -0.05) is 13.8 Å². The number of nitriles is 1. The zero-order valence-electron chi connectivity index (χ0n) is 8.73. The van der Waals surface area contributed by atoms with Gasteiger partial charge < -0.3 is 18.1 Å². The molecule has 1 aliphatic rings. The van der Waals surface area contributed by atoms with E-state index < -0.39 is 0 Å². The van der Waals surface area contributed by atoms with Crippen molar-refractivity contribution in [2.75, 3.05) is 0 Å². The van der Waals surface area contributed by atoms with Crippen molar-refractivity contribution in [3.8, 4) is 6.07 Å². The summed E-state index contributed by atoms with van der Waals surface area (Å²) in [7, 11) is 0. The monoisotopic (exact) mass is 202 g/mol. The average molecular weight is 203 g/mol. The number of halogens is 1. The molecule has 13 heavy (non-hydrogen) atoms. The minimum absolute atomic E-state index is 0. The van der Waals surface area contributed by atoms with Crippen molar-refractivity contribution in [2.45, 2.75) is 46.1 Å². The van der Waals surface area contributed by atoms with Gasteiger partial charge in [0.15, 0.2) is 0 Å². The zero-order valence-corrected chi connectivity index (χ0v) is 9.49. The number of rotatable bonds is 0. The molecule has 2 atom stereocenters. The topological polar surface area (TPSA) is 51.4 Å². The highest BCUT2D eigenvalue weighted by atomic mass is 35.5. The molecule has 0 radical (unpaired) electrons. The Labute approximate surface area is 86.9 Å². The third-order valence-electron chi connectivity index (χ3n) is 2.72. The van der Waals surface area contributed by atoms with Crippen LogP contribution in [-0.2, 0) is 0 Å². The van der Waals surface area contributed by atoms with Gasteiger partial charge in [-0.15, -0.1) is 0 Å². The van der Waals surface area contributed by atoms with E-state index in [1.807, 2.05) is 0 Å². The highest BCUT2D eigenvalue weighted by Gasteiger charge is 2.41. The summed E-state index contributed by atoms with van der Waals surface area (Å²) in [4.78, 5) is 0. The minimum atomic E-state index is -0.131. The molecule has 0 aromatic carbocycles. The molecule has 2 unspecified atom stereocenters. The van der Waals surface area contributed by atoms with Gasteiger partial charge in [0.25, 0.3) is 0 Å². The SMILES string of the molecule is CC1(C)CC([NH3+])CC(C)(C#N)C1.[Cl-]. The Hall–Kier alpha value is -0.260. The smallest absolute Gasteiger partial charge is 0.0864 e. The number of hydrogen-bond acceptors (Lipinski definition) is 1. The molecule has 3 heteroatoms. The highest BCUT2D eigenvalue weighted by Crippen LogP contribution is 2.44. The maximum absolute atomic E-state index is 9.02. The summed E-state index contributed by atoms with van der Waals surface area (Å²) in [6.07, 6.45) is 3.14. The molecule has 0 saturated heterocycles. The standard InChI is InChI=1S/C10H18N2.ClH/c1-9(2)4-8(12)5-10(3,6-9)7-11;/h8H,4-6,12H2,1-3H3;1H. The Bertz CT molecular complexity index is 219. The van der Waals surface area contributed by atoms with Crippen molar-refractivity contribution >= 4 is 0 Å². The quantitative estimate of drug-likeness (QED) is 0.503. The van der Waals surface area contributed by atoms with Gasteiger partial charge in [0.1, 0.15) is 0 Å². The van der Waals surface area contributed by atoms with Crippen LogP contribution in [0.15, 0.2) is 0 Å². The van der Waals surface area contributed by atoms with Crippen LogP contribution in [0.3, 0.4) is 0 Å². The van der Waals surface area contributed by atoms with Gasteiger partial charge in [-0.05, 0) is 18.8 Å². The first kappa shape index (κ1) is 12.7. The van der Waals surface area contributed by atoms with Crippen molar-refractivity contribution in [3.05, 3.63) is 0 Å². The second kappa shape index (κ2) is 3.86. The Morgan fingerprint density at radius 1 is 1.31 bits per heavy atom. The van der Waals surface area contributed by atoms with E-state index in [0.717, 1.165) is 19.3 Å². The molecule has 0 aromatic heterocycles. The molecule has 0 amide bonds. The maximum Gasteiger partial charge on any atom is 0.0864 e. The lowest BCUT2D eigenvalue weighted by Crippen LogP contribution is -3.00. The summed E-state index contributed by atoms with van der Waals surface area (Å²) in [5, 5.41) is 9.02. The summed E-state index contributed by atoms with van der Waals surface area (Å²) < 4.78 is 0. The first-order valence-corrected chi connectivity index (χ1v) is 4.61. The van der Waals surface area contributed by atoms with Crippen molar-refractivity contribution in [3.63, 3.8) is 0 Å². The van der Waals surface area contributed by atoms with E-state index in [-0.39, 0.29) is 17.8 Å². The molecule has 1 saturated carbocycles. The van der Waals surface area contributed by atoms with Crippen LogP contribution in [0, 0.1) is 22.2 Å². The van der Waals surface area contributed by atoms with Crippen LogP contribution in [0.5, 0.6) is 0 Å². The van der Waals surface area contributed by atoms with Crippen LogP contribution in [0.2, 0.25) is 0 Å². The van der Waals surface area contributed by atoms with Gasteiger partial charge in [-0.2, -0.15) is 5.26 Å². The first-order chi connectivity index (χ1) is 5.37. The second-order valence-electron chi connectivity index (χ2n) is 5.29. The van der Waals surface area contributed by atoms with E-state index in [1.165, 1.54) is 0 Å². The summed E-state index contributed by atoms with van der Waals surface area (Å²) in [5.74, 6) is 0. The van der Waals surface area contributed by atoms with Gasteiger partial charge in [0.05, 0.1) is 17.5 Å². The van der Waals surface area contributed by atoms with Gasteiger partial charge in [-0.25, -0.2) is 0 Å². The Morgan fingerprint density at radius 3 is 2.23 bits per heavy atom. The van der Waals surface area contributed by atoms with Crippen LogP contribution in [-0.4, -0.2) is 6.04 Å². The lowest BCUT2D eigenvalue weighted by molar-refractivity contribution is -0.435. The molecule has 1 rings (SSSR count). The van der Waals surface area contributed by atoms with E-state index in [9.17, 15) is 0 Å². The van der Waals surface area contributed by atoms with Gasteiger partial charge >= 0.3 is 0 Å². The fourth-order valence-electron chi connectivity index (χ4n) is 2.78. The van der Waals surface area contributed by atoms with Crippen LogP contribution < -0.4 is 18.1 Å². The second-order valence-corrected chi connectivity index (χ2v) is 5.29. The Morgan fingerprint density at radius 2 is 1.85 bits per heavy atom. The molecule has 0 spiro atoms. The fourth-order valence-corrected chi connectivity index (χ4v) is 2.78.